The maximum atomic E-state index is 12.6. The summed E-state index contributed by atoms with van der Waals surface area (Å²) < 4.78 is 16.2. The number of para-hydroxylation sites is 1. The lowest BCUT2D eigenvalue weighted by atomic mass is 10.1. The van der Waals surface area contributed by atoms with Crippen molar-refractivity contribution in [1.29, 1.82) is 0 Å². The number of ether oxygens (including phenoxy) is 2. The number of amides is 1. The van der Waals surface area contributed by atoms with Gasteiger partial charge in [-0.05, 0) is 57.0 Å². The Hall–Kier alpha value is -3.28. The first-order valence-corrected chi connectivity index (χ1v) is 8.97. The van der Waals surface area contributed by atoms with Gasteiger partial charge in [0, 0.05) is 16.6 Å². The third-order valence-electron chi connectivity index (χ3n) is 4.71. The fourth-order valence-corrected chi connectivity index (χ4v) is 3.03. The standard InChI is InChI=1S/C22H23NO5/c1-12-7-6-8-13(2)19(12)23-21(24)15(4)27-22(25)20-14(3)17-11-16(26-5)9-10-18(17)28-20/h6-11,15H,1-5H3,(H,23,24)/t15-/m1/s1. The van der Waals surface area contributed by atoms with Gasteiger partial charge in [-0.3, -0.25) is 4.79 Å². The number of hydrogen-bond donors (Lipinski definition) is 1. The normalized spacial score (nSPS) is 11.9. The van der Waals surface area contributed by atoms with Gasteiger partial charge in [-0.1, -0.05) is 18.2 Å². The molecule has 0 unspecified atom stereocenters. The smallest absolute Gasteiger partial charge is 0.375 e. The van der Waals surface area contributed by atoms with Crippen LogP contribution >= 0.6 is 0 Å². The summed E-state index contributed by atoms with van der Waals surface area (Å²) in [5.41, 5.74) is 3.80. The fraction of sp³-hybridized carbons (Fsp3) is 0.273. The lowest BCUT2D eigenvalue weighted by Crippen LogP contribution is -2.30. The van der Waals surface area contributed by atoms with Gasteiger partial charge in [-0.25, -0.2) is 4.79 Å². The maximum absolute atomic E-state index is 12.6. The van der Waals surface area contributed by atoms with Crippen LogP contribution in [0.1, 0.15) is 34.2 Å². The van der Waals surface area contributed by atoms with E-state index < -0.39 is 18.0 Å². The van der Waals surface area contributed by atoms with Crippen LogP contribution in [0.15, 0.2) is 40.8 Å². The van der Waals surface area contributed by atoms with Crippen LogP contribution in [0.3, 0.4) is 0 Å². The first-order valence-electron chi connectivity index (χ1n) is 8.97. The number of carbonyl (C=O) groups excluding carboxylic acids is 2. The van der Waals surface area contributed by atoms with E-state index in [0.717, 1.165) is 22.2 Å². The summed E-state index contributed by atoms with van der Waals surface area (Å²) >= 11 is 0. The molecule has 0 aliphatic rings. The maximum Gasteiger partial charge on any atom is 0.375 e. The molecule has 0 bridgehead atoms. The van der Waals surface area contributed by atoms with Crippen LogP contribution in [0.4, 0.5) is 5.69 Å². The summed E-state index contributed by atoms with van der Waals surface area (Å²) in [4.78, 5) is 25.1. The fourth-order valence-electron chi connectivity index (χ4n) is 3.03. The van der Waals surface area contributed by atoms with Crippen LogP contribution in [0.5, 0.6) is 5.75 Å². The van der Waals surface area contributed by atoms with Gasteiger partial charge < -0.3 is 19.2 Å². The first kappa shape index (κ1) is 19.5. The SMILES string of the molecule is COc1ccc2oc(C(=O)O[C@H](C)C(=O)Nc3c(C)cccc3C)c(C)c2c1. The van der Waals surface area contributed by atoms with E-state index in [4.69, 9.17) is 13.9 Å². The number of methoxy groups -OCH3 is 1. The molecule has 0 fully saturated rings. The molecule has 1 heterocycles. The number of furan rings is 1. The van der Waals surface area contributed by atoms with Gasteiger partial charge in [-0.15, -0.1) is 0 Å². The van der Waals surface area contributed by atoms with Crippen LogP contribution in [0.25, 0.3) is 11.0 Å². The van der Waals surface area contributed by atoms with Gasteiger partial charge in [0.1, 0.15) is 11.3 Å². The molecular weight excluding hydrogens is 358 g/mol. The molecule has 3 rings (SSSR count). The summed E-state index contributed by atoms with van der Waals surface area (Å²) in [6.07, 6.45) is -0.978. The number of rotatable bonds is 5. The highest BCUT2D eigenvalue weighted by Crippen LogP contribution is 2.29. The predicted molar refractivity (Wildman–Crippen MR) is 107 cm³/mol. The zero-order valence-electron chi connectivity index (χ0n) is 16.6. The van der Waals surface area contributed by atoms with Gasteiger partial charge in [0.05, 0.1) is 7.11 Å². The van der Waals surface area contributed by atoms with Crippen molar-refractivity contribution in [2.75, 3.05) is 12.4 Å². The van der Waals surface area contributed by atoms with Crippen LogP contribution in [-0.4, -0.2) is 25.1 Å². The molecule has 1 atom stereocenters. The van der Waals surface area contributed by atoms with E-state index >= 15 is 0 Å². The van der Waals surface area contributed by atoms with Gasteiger partial charge in [0.15, 0.2) is 6.10 Å². The first-order chi connectivity index (χ1) is 13.3. The molecule has 1 aromatic heterocycles. The number of esters is 1. The van der Waals surface area contributed by atoms with Crippen molar-refractivity contribution in [1.82, 2.24) is 0 Å². The van der Waals surface area contributed by atoms with E-state index in [1.165, 1.54) is 6.92 Å². The van der Waals surface area contributed by atoms with Crippen molar-refractivity contribution >= 4 is 28.5 Å². The van der Waals surface area contributed by atoms with Crippen LogP contribution in [0, 0.1) is 20.8 Å². The van der Waals surface area contributed by atoms with Gasteiger partial charge >= 0.3 is 5.97 Å². The Bertz CT molecular complexity index is 1030. The van der Waals surface area contributed by atoms with Crippen molar-refractivity contribution < 1.29 is 23.5 Å². The van der Waals surface area contributed by atoms with Crippen molar-refractivity contribution in [2.45, 2.75) is 33.8 Å². The molecule has 0 saturated carbocycles. The number of carbonyl (C=O) groups is 2. The third-order valence-corrected chi connectivity index (χ3v) is 4.71. The van der Waals surface area contributed by atoms with E-state index in [-0.39, 0.29) is 5.76 Å². The highest BCUT2D eigenvalue weighted by molar-refractivity contribution is 6.00. The van der Waals surface area contributed by atoms with Crippen molar-refractivity contribution in [3.63, 3.8) is 0 Å². The number of hydrogen-bond acceptors (Lipinski definition) is 5. The number of fused-ring (bicyclic) bond motifs is 1. The second kappa shape index (κ2) is 7.76. The lowest BCUT2D eigenvalue weighted by molar-refractivity contribution is -0.123. The molecule has 146 valence electrons. The van der Waals surface area contributed by atoms with Gasteiger partial charge in [0.25, 0.3) is 5.91 Å². The number of aryl methyl sites for hydroxylation is 3. The third kappa shape index (κ3) is 3.71. The Morgan fingerprint density at radius 1 is 1.07 bits per heavy atom. The molecule has 28 heavy (non-hydrogen) atoms. The summed E-state index contributed by atoms with van der Waals surface area (Å²) in [5.74, 6) is -0.342. The molecule has 1 N–H and O–H groups in total. The van der Waals surface area contributed by atoms with Gasteiger partial charge in [-0.2, -0.15) is 0 Å². The van der Waals surface area contributed by atoms with Crippen LogP contribution in [-0.2, 0) is 9.53 Å². The van der Waals surface area contributed by atoms with E-state index in [0.29, 0.717) is 16.9 Å². The van der Waals surface area contributed by atoms with E-state index in [1.807, 2.05) is 32.0 Å². The zero-order chi connectivity index (χ0) is 20.4. The molecule has 6 nitrogen and oxygen atoms in total. The van der Waals surface area contributed by atoms with Crippen LogP contribution < -0.4 is 10.1 Å². The second-order valence-electron chi connectivity index (χ2n) is 6.72. The molecule has 0 aliphatic heterocycles. The Labute approximate surface area is 163 Å². The molecule has 0 saturated heterocycles. The van der Waals surface area contributed by atoms with E-state index in [2.05, 4.69) is 5.32 Å². The van der Waals surface area contributed by atoms with Crippen molar-refractivity contribution in [3.8, 4) is 5.75 Å². The van der Waals surface area contributed by atoms with Crippen molar-refractivity contribution in [2.24, 2.45) is 0 Å². The number of benzene rings is 2. The van der Waals surface area contributed by atoms with Gasteiger partial charge in [0.2, 0.25) is 5.76 Å². The quantitative estimate of drug-likeness (QED) is 0.656. The predicted octanol–water partition coefficient (Wildman–Crippen LogP) is 4.55. The Balaban J connectivity index is 1.76. The monoisotopic (exact) mass is 381 g/mol. The van der Waals surface area contributed by atoms with E-state index in [1.54, 1.807) is 32.2 Å². The summed E-state index contributed by atoms with van der Waals surface area (Å²) in [6.45, 7) is 7.11. The largest absolute Gasteiger partial charge is 0.497 e. The Morgan fingerprint density at radius 3 is 2.39 bits per heavy atom. The average molecular weight is 381 g/mol. The molecule has 0 aliphatic carbocycles. The molecule has 3 aromatic rings. The Morgan fingerprint density at radius 2 is 1.75 bits per heavy atom. The number of anilines is 1. The lowest BCUT2D eigenvalue weighted by Gasteiger charge is -2.15. The number of nitrogens with one attached hydrogen (secondary N) is 1. The van der Waals surface area contributed by atoms with Crippen LogP contribution in [0.2, 0.25) is 0 Å². The highest BCUT2D eigenvalue weighted by atomic mass is 16.6. The average Bonchev–Trinajstić information content (AvgIpc) is 3.00. The molecular formula is C22H23NO5. The minimum Gasteiger partial charge on any atom is -0.497 e. The second-order valence-corrected chi connectivity index (χ2v) is 6.72. The topological polar surface area (TPSA) is 77.8 Å². The molecule has 0 radical (unpaired) electrons. The Kier molecular flexibility index (Phi) is 5.40. The van der Waals surface area contributed by atoms with E-state index in [9.17, 15) is 9.59 Å². The summed E-state index contributed by atoms with van der Waals surface area (Å²) in [7, 11) is 1.57. The zero-order valence-corrected chi connectivity index (χ0v) is 16.6. The summed E-state index contributed by atoms with van der Waals surface area (Å²) in [5, 5.41) is 3.59. The minimum atomic E-state index is -0.978. The molecule has 6 heteroatoms. The minimum absolute atomic E-state index is 0.0787. The van der Waals surface area contributed by atoms with Crippen molar-refractivity contribution in [3.05, 3.63) is 58.8 Å². The molecule has 1 amide bonds. The molecule has 0 spiro atoms. The summed E-state index contributed by atoms with van der Waals surface area (Å²) in [6, 6.07) is 11.0. The highest BCUT2D eigenvalue weighted by Gasteiger charge is 2.25. The molecule has 2 aromatic carbocycles.